The Morgan fingerprint density at radius 2 is 1.77 bits per heavy atom. The van der Waals surface area contributed by atoms with Crippen LogP contribution in [0.4, 0.5) is 17.5 Å². The number of ether oxygens (including phenoxy) is 1. The molecule has 3 aromatic heterocycles. The van der Waals surface area contributed by atoms with E-state index in [1.807, 2.05) is 62.0 Å². The quantitative estimate of drug-likeness (QED) is 0.0941. The summed E-state index contributed by atoms with van der Waals surface area (Å²) in [5, 5.41) is 21.7. The predicted molar refractivity (Wildman–Crippen MR) is 251 cm³/mol. The van der Waals surface area contributed by atoms with Crippen LogP contribution in [0.25, 0.3) is 16.1 Å². The van der Waals surface area contributed by atoms with Crippen LogP contribution in [0, 0.1) is 23.7 Å². The fourth-order valence-corrected chi connectivity index (χ4v) is 10.1. The monoisotopic (exact) mass is 912 g/mol. The highest BCUT2D eigenvalue weighted by Gasteiger charge is 2.42. The number of hydrogen-bond donors (Lipinski definition) is 4. The summed E-state index contributed by atoms with van der Waals surface area (Å²) in [5.74, 6) is -0.230. The van der Waals surface area contributed by atoms with Crippen LogP contribution < -0.4 is 30.9 Å². The van der Waals surface area contributed by atoms with Crippen molar-refractivity contribution in [2.75, 3.05) is 30.4 Å². The molecule has 2 aromatic carbocycles. The predicted octanol–water partition coefficient (Wildman–Crippen LogP) is 6.50. The lowest BCUT2D eigenvalue weighted by atomic mass is 9.85. The normalized spacial score (nSPS) is 17.3. The molecule has 3 aliphatic rings. The van der Waals surface area contributed by atoms with E-state index in [0.717, 1.165) is 71.0 Å². The third-order valence-corrected chi connectivity index (χ3v) is 13.7. The Hall–Kier alpha value is -6.87. The number of hydrogen-bond acceptors (Lipinski definition) is 13. The summed E-state index contributed by atoms with van der Waals surface area (Å²) in [6, 6.07) is 13.7. The van der Waals surface area contributed by atoms with Gasteiger partial charge in [-0.25, -0.2) is 15.0 Å². The highest BCUT2D eigenvalue weighted by atomic mass is 32.1. The van der Waals surface area contributed by atoms with E-state index in [1.165, 1.54) is 7.11 Å². The van der Waals surface area contributed by atoms with Gasteiger partial charge in [0.05, 0.1) is 53.4 Å². The van der Waals surface area contributed by atoms with Gasteiger partial charge in [-0.1, -0.05) is 64.8 Å². The Morgan fingerprint density at radius 1 is 1.00 bits per heavy atom. The number of aromatic nitrogens is 5. The van der Waals surface area contributed by atoms with Crippen LogP contribution in [-0.2, 0) is 20.9 Å². The van der Waals surface area contributed by atoms with E-state index in [1.54, 1.807) is 47.0 Å². The number of thiazole rings is 1. The molecular formula is C48H56N12O5S. The molecule has 3 atom stereocenters. The third-order valence-electron chi connectivity index (χ3n) is 12.7. The minimum Gasteiger partial charge on any atom is -0.495 e. The van der Waals surface area contributed by atoms with Gasteiger partial charge in [0.25, 0.3) is 5.91 Å². The lowest BCUT2D eigenvalue weighted by Gasteiger charge is -2.41. The van der Waals surface area contributed by atoms with Crippen molar-refractivity contribution in [3.05, 3.63) is 88.7 Å². The molecule has 4 amide bonds. The van der Waals surface area contributed by atoms with Crippen molar-refractivity contribution in [3.63, 3.8) is 0 Å². The number of amides is 4. The summed E-state index contributed by atoms with van der Waals surface area (Å²) in [7, 11) is 1.49. The van der Waals surface area contributed by atoms with Gasteiger partial charge in [0, 0.05) is 24.7 Å². The van der Waals surface area contributed by atoms with Gasteiger partial charge >= 0.3 is 0 Å². The number of rotatable bonds is 14. The van der Waals surface area contributed by atoms with Crippen molar-refractivity contribution in [1.82, 2.24) is 45.4 Å². The second-order valence-corrected chi connectivity index (χ2v) is 18.9. The number of aryl methyl sites for hydroxylation is 1. The minimum absolute atomic E-state index is 0.0780. The maximum absolute atomic E-state index is 14.1. The van der Waals surface area contributed by atoms with Crippen LogP contribution in [0.2, 0.25) is 0 Å². The van der Waals surface area contributed by atoms with Gasteiger partial charge in [0.1, 0.15) is 35.9 Å². The number of fused-ring (bicyclic) bond motifs is 3. The number of nitriles is 1. The van der Waals surface area contributed by atoms with E-state index in [-0.39, 0.29) is 36.0 Å². The first-order valence-electron chi connectivity index (χ1n) is 22.5. The zero-order valence-electron chi connectivity index (χ0n) is 38.2. The number of methoxy groups -OCH3 is 1. The molecule has 1 saturated heterocycles. The summed E-state index contributed by atoms with van der Waals surface area (Å²) in [6.07, 6.45) is 9.63. The molecule has 17 nitrogen and oxygen atoms in total. The van der Waals surface area contributed by atoms with Crippen molar-refractivity contribution in [3.8, 4) is 27.9 Å². The average Bonchev–Trinajstić information content (AvgIpc) is 4.17. The molecule has 1 aliphatic carbocycles. The molecule has 2 aliphatic heterocycles. The third kappa shape index (κ3) is 9.30. The van der Waals surface area contributed by atoms with Gasteiger partial charge in [-0.3, -0.25) is 23.7 Å². The summed E-state index contributed by atoms with van der Waals surface area (Å²) in [6.45, 7) is 9.94. The molecule has 8 rings (SSSR count). The Labute approximate surface area is 388 Å². The van der Waals surface area contributed by atoms with Crippen molar-refractivity contribution in [1.29, 1.82) is 5.26 Å². The summed E-state index contributed by atoms with van der Waals surface area (Å²) in [4.78, 5) is 77.8. The number of anilines is 3. The molecule has 3 unspecified atom stereocenters. The number of imidazole rings is 1. The standard InChI is InChI=1S/C48H56N12O5S/c1-7-35-40-34(22-49)53-26-59(40)37-24-52-47(57-43(37)60(35)32-11-8-9-12-32)55-33-19-18-31(21-38(33)65-6)44(62)51-25-39(61)56-42(48(3,4)5)46(64)58-20-10-13-36(58)45(63)50-23-29-14-16-30(17-15-29)41-28(2)54-27-66-41/h14-19,21,24,26-27,32,35-36,42H,7-13,20,23,25H2,1-6H3,(H,50,63)(H,51,62)(H,56,61)(H,52,55,57). The van der Waals surface area contributed by atoms with Gasteiger partial charge in [-0.05, 0) is 73.8 Å². The van der Waals surface area contributed by atoms with Crippen LogP contribution >= 0.6 is 11.3 Å². The molecule has 0 spiro atoms. The number of nitrogens with zero attached hydrogens (tertiary/aromatic N) is 8. The maximum atomic E-state index is 14.1. The molecule has 0 bridgehead atoms. The highest BCUT2D eigenvalue weighted by Crippen LogP contribution is 2.45. The molecule has 0 radical (unpaired) electrons. The van der Waals surface area contributed by atoms with Crippen LogP contribution in [0.3, 0.4) is 0 Å². The fourth-order valence-electron chi connectivity index (χ4n) is 9.33. The summed E-state index contributed by atoms with van der Waals surface area (Å²) in [5.41, 5.74) is 6.87. The molecule has 2 fully saturated rings. The van der Waals surface area contributed by atoms with Crippen LogP contribution in [0.15, 0.2) is 60.5 Å². The van der Waals surface area contributed by atoms with Crippen LogP contribution in [0.5, 0.6) is 5.75 Å². The van der Waals surface area contributed by atoms with Gasteiger partial charge in [-0.2, -0.15) is 10.2 Å². The van der Waals surface area contributed by atoms with E-state index in [9.17, 15) is 24.4 Å². The molecule has 5 aromatic rings. The van der Waals surface area contributed by atoms with Crippen molar-refractivity contribution < 1.29 is 23.9 Å². The van der Waals surface area contributed by atoms with Gasteiger partial charge in [0.2, 0.25) is 23.7 Å². The molecule has 344 valence electrons. The average molecular weight is 913 g/mol. The Balaban J connectivity index is 0.889. The lowest BCUT2D eigenvalue weighted by molar-refractivity contribution is -0.143. The van der Waals surface area contributed by atoms with E-state index in [0.29, 0.717) is 49.0 Å². The van der Waals surface area contributed by atoms with Gasteiger partial charge < -0.3 is 35.8 Å². The zero-order valence-corrected chi connectivity index (χ0v) is 39.0. The van der Waals surface area contributed by atoms with E-state index < -0.39 is 29.3 Å². The molecule has 66 heavy (non-hydrogen) atoms. The minimum atomic E-state index is -0.954. The second-order valence-electron chi connectivity index (χ2n) is 18.1. The first kappa shape index (κ1) is 45.7. The lowest BCUT2D eigenvalue weighted by Crippen LogP contribution is -2.58. The number of carbonyl (C=O) groups excluding carboxylic acids is 4. The fraction of sp³-hybridized carbons (Fsp3) is 0.438. The molecule has 5 heterocycles. The van der Waals surface area contributed by atoms with E-state index in [2.05, 4.69) is 54.1 Å². The Bertz CT molecular complexity index is 2660. The molecule has 18 heteroatoms. The van der Waals surface area contributed by atoms with Crippen LogP contribution in [-0.4, -0.2) is 91.4 Å². The second kappa shape index (κ2) is 19.3. The largest absolute Gasteiger partial charge is 0.495 e. The molecular weight excluding hydrogens is 857 g/mol. The Morgan fingerprint density at radius 3 is 2.45 bits per heavy atom. The summed E-state index contributed by atoms with van der Waals surface area (Å²) >= 11 is 1.58. The van der Waals surface area contributed by atoms with Crippen molar-refractivity contribution in [2.45, 2.75) is 110 Å². The maximum Gasteiger partial charge on any atom is 0.251 e. The topological polar surface area (TPSA) is 212 Å². The zero-order chi connectivity index (χ0) is 46.7. The van der Waals surface area contributed by atoms with Gasteiger partial charge in [0.15, 0.2) is 11.5 Å². The van der Waals surface area contributed by atoms with Crippen molar-refractivity contribution in [2.24, 2.45) is 5.41 Å². The number of nitrogens with one attached hydrogen (secondary N) is 4. The van der Waals surface area contributed by atoms with Crippen LogP contribution in [0.1, 0.15) is 112 Å². The summed E-state index contributed by atoms with van der Waals surface area (Å²) < 4.78 is 7.61. The smallest absolute Gasteiger partial charge is 0.251 e. The first-order chi connectivity index (χ1) is 31.8. The number of likely N-dealkylation sites (tertiary alicyclic amines) is 1. The highest BCUT2D eigenvalue weighted by molar-refractivity contribution is 7.13. The van der Waals surface area contributed by atoms with E-state index >= 15 is 0 Å². The number of benzene rings is 2. The van der Waals surface area contributed by atoms with Crippen molar-refractivity contribution >= 4 is 52.4 Å². The van der Waals surface area contributed by atoms with E-state index in [4.69, 9.17) is 9.72 Å². The first-order valence-corrected chi connectivity index (χ1v) is 23.4. The number of carbonyl (C=O) groups is 4. The van der Waals surface area contributed by atoms with Gasteiger partial charge in [-0.15, -0.1) is 11.3 Å². The molecule has 1 saturated carbocycles. The Kier molecular flexibility index (Phi) is 13.4. The SMILES string of the molecule is CCC1c2c(C#N)ncn2-c2cnc(Nc3ccc(C(=O)NCC(=O)NC(C(=O)N4CCCC4C(=O)NCc4ccc(-c5scnc5C)cc4)C(C)(C)C)cc3OC)nc2N1C1CCCC1. The molecule has 4 N–H and O–H groups in total.